The van der Waals surface area contributed by atoms with Gasteiger partial charge in [0.2, 0.25) is 0 Å². The lowest BCUT2D eigenvalue weighted by Crippen LogP contribution is -2.48. The number of morpholine rings is 1. The number of aliphatic hydroxyl groups is 1. The van der Waals surface area contributed by atoms with Crippen LogP contribution in [0.1, 0.15) is 45.4 Å². The molecule has 106 valence electrons. The molecule has 3 N–H and O–H groups in total. The van der Waals surface area contributed by atoms with Crippen LogP contribution in [0.15, 0.2) is 0 Å². The summed E-state index contributed by atoms with van der Waals surface area (Å²) < 4.78 is 5.82. The molecule has 3 atom stereocenters. The van der Waals surface area contributed by atoms with E-state index >= 15 is 0 Å². The summed E-state index contributed by atoms with van der Waals surface area (Å²) in [6.07, 6.45) is 7.54. The van der Waals surface area contributed by atoms with Gasteiger partial charge in [0.15, 0.2) is 0 Å². The minimum absolute atomic E-state index is 0.0786. The van der Waals surface area contributed by atoms with Crippen molar-refractivity contribution in [3.8, 4) is 0 Å². The van der Waals surface area contributed by atoms with Gasteiger partial charge in [-0.25, -0.2) is 0 Å². The molecule has 4 heteroatoms. The zero-order valence-electron chi connectivity index (χ0n) is 11.6. The fourth-order valence-corrected chi connectivity index (χ4v) is 3.21. The molecule has 2 rings (SSSR count). The molecule has 18 heavy (non-hydrogen) atoms. The zero-order chi connectivity index (χ0) is 13.0. The largest absolute Gasteiger partial charge is 0.394 e. The Balaban J connectivity index is 1.67. The third-order valence-electron chi connectivity index (χ3n) is 4.40. The molecule has 1 aliphatic heterocycles. The lowest BCUT2D eigenvalue weighted by atomic mass is 9.97. The molecule has 0 aromatic carbocycles. The summed E-state index contributed by atoms with van der Waals surface area (Å²) in [4.78, 5) is 2.61. The summed E-state index contributed by atoms with van der Waals surface area (Å²) in [5, 5.41) is 9.11. The van der Waals surface area contributed by atoms with Crippen LogP contribution in [0.2, 0.25) is 0 Å². The number of nitrogens with two attached hydrogens (primary N) is 1. The molecule has 0 bridgehead atoms. The summed E-state index contributed by atoms with van der Waals surface area (Å²) in [5.74, 6) is 0. The minimum atomic E-state index is -0.402. The third kappa shape index (κ3) is 3.67. The van der Waals surface area contributed by atoms with Gasteiger partial charge in [0, 0.05) is 18.1 Å². The normalized spacial score (nSPS) is 32.2. The number of nitrogens with zero attached hydrogens (tertiary/aromatic N) is 1. The molecule has 1 heterocycles. The van der Waals surface area contributed by atoms with Gasteiger partial charge in [-0.3, -0.25) is 4.90 Å². The standard InChI is InChI=1S/C14H28N2O2/c1-14(15,11-17)7-2-3-8-16-9-10-18-13-6-4-5-12(13)16/h12-13,17H,2-11,15H2,1H3. The lowest BCUT2D eigenvalue weighted by molar-refractivity contribution is -0.0559. The van der Waals surface area contributed by atoms with Crippen molar-refractivity contribution >= 4 is 0 Å². The van der Waals surface area contributed by atoms with E-state index in [1.165, 1.54) is 25.7 Å². The van der Waals surface area contributed by atoms with E-state index in [4.69, 9.17) is 15.6 Å². The van der Waals surface area contributed by atoms with Crippen LogP contribution in [0.5, 0.6) is 0 Å². The van der Waals surface area contributed by atoms with Crippen molar-refractivity contribution in [3.63, 3.8) is 0 Å². The van der Waals surface area contributed by atoms with E-state index in [2.05, 4.69) is 4.90 Å². The van der Waals surface area contributed by atoms with Gasteiger partial charge in [0.25, 0.3) is 0 Å². The van der Waals surface area contributed by atoms with Crippen molar-refractivity contribution in [1.29, 1.82) is 0 Å². The van der Waals surface area contributed by atoms with Gasteiger partial charge in [-0.2, -0.15) is 0 Å². The Bertz CT molecular complexity index is 258. The molecule has 0 radical (unpaired) electrons. The number of rotatable bonds is 6. The van der Waals surface area contributed by atoms with Gasteiger partial charge >= 0.3 is 0 Å². The van der Waals surface area contributed by atoms with Crippen LogP contribution in [0.4, 0.5) is 0 Å². The van der Waals surface area contributed by atoms with Crippen molar-refractivity contribution < 1.29 is 9.84 Å². The summed E-state index contributed by atoms with van der Waals surface area (Å²) >= 11 is 0. The number of aliphatic hydroxyl groups excluding tert-OH is 1. The van der Waals surface area contributed by atoms with E-state index in [-0.39, 0.29) is 6.61 Å². The molecule has 0 spiro atoms. The summed E-state index contributed by atoms with van der Waals surface area (Å²) in [6, 6.07) is 0.667. The number of unbranched alkanes of at least 4 members (excludes halogenated alkanes) is 1. The highest BCUT2D eigenvalue weighted by Crippen LogP contribution is 2.29. The Hall–Kier alpha value is -0.160. The average Bonchev–Trinajstić information content (AvgIpc) is 2.83. The molecular weight excluding hydrogens is 228 g/mol. The molecule has 1 saturated heterocycles. The molecule has 1 aliphatic carbocycles. The van der Waals surface area contributed by atoms with Crippen LogP contribution in [0.3, 0.4) is 0 Å². The smallest absolute Gasteiger partial charge is 0.0730 e. The molecule has 2 fully saturated rings. The van der Waals surface area contributed by atoms with Crippen LogP contribution in [0.25, 0.3) is 0 Å². The quantitative estimate of drug-likeness (QED) is 0.699. The highest BCUT2D eigenvalue weighted by molar-refractivity contribution is 4.89. The van der Waals surface area contributed by atoms with Crippen LogP contribution in [-0.4, -0.2) is 54.0 Å². The third-order valence-corrected chi connectivity index (χ3v) is 4.40. The van der Waals surface area contributed by atoms with Gasteiger partial charge in [0.1, 0.15) is 0 Å². The fraction of sp³-hybridized carbons (Fsp3) is 1.00. The molecule has 4 nitrogen and oxygen atoms in total. The van der Waals surface area contributed by atoms with Gasteiger partial charge in [-0.15, -0.1) is 0 Å². The van der Waals surface area contributed by atoms with E-state index in [1.807, 2.05) is 6.92 Å². The SMILES string of the molecule is CC(N)(CO)CCCCN1CCOC2CCCC21. The van der Waals surface area contributed by atoms with E-state index in [0.717, 1.165) is 32.5 Å². The van der Waals surface area contributed by atoms with Crippen molar-refractivity contribution in [2.45, 2.75) is 63.1 Å². The van der Waals surface area contributed by atoms with Crippen molar-refractivity contribution in [2.75, 3.05) is 26.3 Å². The van der Waals surface area contributed by atoms with Crippen LogP contribution in [0, 0.1) is 0 Å². The first kappa shape index (κ1) is 14.3. The van der Waals surface area contributed by atoms with Gasteiger partial charge in [-0.1, -0.05) is 6.42 Å². The molecule has 3 unspecified atom stereocenters. The van der Waals surface area contributed by atoms with Gasteiger partial charge < -0.3 is 15.6 Å². The second-order valence-electron chi connectivity index (χ2n) is 6.21. The molecule has 2 aliphatic rings. The van der Waals surface area contributed by atoms with Crippen LogP contribution >= 0.6 is 0 Å². The van der Waals surface area contributed by atoms with Crippen molar-refractivity contribution in [3.05, 3.63) is 0 Å². The Morgan fingerprint density at radius 3 is 3.00 bits per heavy atom. The van der Waals surface area contributed by atoms with Crippen LogP contribution in [-0.2, 0) is 4.74 Å². The fourth-order valence-electron chi connectivity index (χ4n) is 3.21. The Labute approximate surface area is 110 Å². The highest BCUT2D eigenvalue weighted by atomic mass is 16.5. The molecule has 1 saturated carbocycles. The predicted octanol–water partition coefficient (Wildman–Crippen LogP) is 1.12. The topological polar surface area (TPSA) is 58.7 Å². The first-order valence-corrected chi connectivity index (χ1v) is 7.38. The first-order chi connectivity index (χ1) is 8.62. The summed E-state index contributed by atoms with van der Waals surface area (Å²) in [7, 11) is 0. The molecule has 0 aromatic heterocycles. The number of hydrogen-bond acceptors (Lipinski definition) is 4. The first-order valence-electron chi connectivity index (χ1n) is 7.38. The molecule has 0 amide bonds. The Kier molecular flexibility index (Phi) is 5.01. The maximum absolute atomic E-state index is 9.11. The van der Waals surface area contributed by atoms with E-state index in [1.54, 1.807) is 0 Å². The van der Waals surface area contributed by atoms with E-state index in [0.29, 0.717) is 12.1 Å². The molecule has 0 aromatic rings. The van der Waals surface area contributed by atoms with Crippen molar-refractivity contribution in [2.24, 2.45) is 5.73 Å². The summed E-state index contributed by atoms with van der Waals surface area (Å²) in [5.41, 5.74) is 5.54. The van der Waals surface area contributed by atoms with Crippen LogP contribution < -0.4 is 5.73 Å². The van der Waals surface area contributed by atoms with E-state index < -0.39 is 5.54 Å². The predicted molar refractivity (Wildman–Crippen MR) is 72.5 cm³/mol. The van der Waals surface area contributed by atoms with Crippen molar-refractivity contribution in [1.82, 2.24) is 4.90 Å². The van der Waals surface area contributed by atoms with E-state index in [9.17, 15) is 0 Å². The number of ether oxygens (including phenoxy) is 1. The molecular formula is C14H28N2O2. The summed E-state index contributed by atoms with van der Waals surface area (Å²) in [6.45, 7) is 5.14. The van der Waals surface area contributed by atoms with Gasteiger partial charge in [0.05, 0.1) is 19.3 Å². The Morgan fingerprint density at radius 1 is 1.39 bits per heavy atom. The average molecular weight is 256 g/mol. The minimum Gasteiger partial charge on any atom is -0.394 e. The number of hydrogen-bond donors (Lipinski definition) is 2. The van der Waals surface area contributed by atoms with Gasteiger partial charge in [-0.05, 0) is 45.6 Å². The number of fused-ring (bicyclic) bond motifs is 1. The zero-order valence-corrected chi connectivity index (χ0v) is 11.6. The second-order valence-corrected chi connectivity index (χ2v) is 6.21. The maximum atomic E-state index is 9.11. The maximum Gasteiger partial charge on any atom is 0.0730 e. The second kappa shape index (κ2) is 6.33. The Morgan fingerprint density at radius 2 is 2.22 bits per heavy atom. The lowest BCUT2D eigenvalue weighted by Gasteiger charge is -2.37. The highest BCUT2D eigenvalue weighted by Gasteiger charge is 2.35. The monoisotopic (exact) mass is 256 g/mol.